The van der Waals surface area contributed by atoms with E-state index in [0.717, 1.165) is 16.8 Å². The summed E-state index contributed by atoms with van der Waals surface area (Å²) in [6.07, 6.45) is -0.330. The standard InChI is InChI=1S/C58H80N6O20P2/c1-79-36-44-49(68)50(69)56(83-44)64-33-40(54(72)63-58(64)75)25-27-48(67)60-28-14-3-4-15-30-61-53(71)39-24-26-43(46(32-39)85(76,41-19-8-5-9-20-41)42-21-10-6-11-22-42)55(73)62-31-16-7-12-23-47(66)59-29-17-13-18-38(34-65)35-81-86(77,78)82-37-45-52(80-2)51(70)57(74)84-45/h5-6,8-11,19-22,24-27,32-33,38,44-45,49-52,56-57,65,68-70,74H,3-4,7,12-18,23,28-31,34-37H2,1-2H3,(H,59,66)(H,60,67)(H,61,71)(H,62,73)(H,77,78)(H,63,72,75)/b27-25+/t38?,44-,45-,49?,50?,51?,52?,56-,57-/m1/s1. The van der Waals surface area contributed by atoms with E-state index in [1.54, 1.807) is 60.7 Å². The predicted octanol–water partition coefficient (Wildman–Crippen LogP) is 0.973. The second-order valence-electron chi connectivity index (χ2n) is 20.8. The van der Waals surface area contributed by atoms with Crippen LogP contribution in [-0.2, 0) is 46.7 Å². The molecular formula is C58H80N6O20P2. The maximum atomic E-state index is 15.7. The zero-order valence-electron chi connectivity index (χ0n) is 48.1. The van der Waals surface area contributed by atoms with E-state index >= 15 is 4.57 Å². The second-order valence-corrected chi connectivity index (χ2v) is 25.0. The molecule has 26 nitrogen and oxygen atoms in total. The van der Waals surface area contributed by atoms with E-state index in [9.17, 15) is 63.8 Å². The highest BCUT2D eigenvalue weighted by atomic mass is 31.2. The Morgan fingerprint density at radius 3 is 1.97 bits per heavy atom. The molecule has 11 N–H and O–H groups in total. The van der Waals surface area contributed by atoms with Gasteiger partial charge in [-0.25, -0.2) is 9.36 Å². The molecule has 4 aromatic rings. The summed E-state index contributed by atoms with van der Waals surface area (Å²) in [5.74, 6) is -2.05. The second kappa shape index (κ2) is 34.5. The van der Waals surface area contributed by atoms with Crippen LogP contribution in [0.5, 0.6) is 0 Å². The third-order valence-electron chi connectivity index (χ3n) is 14.6. The average molecular weight is 1240 g/mol. The molecule has 0 aliphatic carbocycles. The minimum atomic E-state index is -4.57. The summed E-state index contributed by atoms with van der Waals surface area (Å²) in [7, 11) is -5.67. The van der Waals surface area contributed by atoms with Crippen molar-refractivity contribution in [3.63, 3.8) is 0 Å². The monoisotopic (exact) mass is 1240 g/mol. The van der Waals surface area contributed by atoms with E-state index in [2.05, 4.69) is 26.3 Å². The number of methoxy groups -OCH3 is 2. The molecule has 3 aromatic carbocycles. The number of H-pyrrole nitrogens is 1. The van der Waals surface area contributed by atoms with Gasteiger partial charge in [0.15, 0.2) is 19.7 Å². The number of phosphoric ester groups is 1. The van der Waals surface area contributed by atoms with Gasteiger partial charge in [0, 0.05) is 93.1 Å². The summed E-state index contributed by atoms with van der Waals surface area (Å²) in [5.41, 5.74) is -1.37. The Hall–Kier alpha value is -6.06. The van der Waals surface area contributed by atoms with Crippen molar-refractivity contribution in [1.29, 1.82) is 0 Å². The molecule has 0 saturated carbocycles. The number of aromatic nitrogens is 2. The SMILES string of the molecule is COC[C@H]1O[C@@H](n2cc(/C=C/C(=O)NCCCCCCNC(=O)c3ccc(C(=O)NCCCCCC(=O)NCCCCC(CO)COP(=O)(O)OC[C@H]4O[C@@H](O)C(O)C4OC)c(P(=O)(c4ccccc4)c4ccccc4)c3)c(=O)[nH]c2=O)C(O)C1O. The third kappa shape index (κ3) is 19.7. The van der Waals surface area contributed by atoms with E-state index in [4.69, 9.17) is 28.0 Å². The van der Waals surface area contributed by atoms with Gasteiger partial charge in [-0.2, -0.15) is 0 Å². The molecule has 10 atom stereocenters. The number of nitrogens with one attached hydrogen (secondary N) is 5. The molecule has 2 aliphatic heterocycles. The zero-order chi connectivity index (χ0) is 62.2. The normalized spacial score (nSPS) is 21.4. The molecule has 28 heteroatoms. The number of phosphoric acid groups is 1. The first-order valence-electron chi connectivity index (χ1n) is 28.6. The van der Waals surface area contributed by atoms with Crippen molar-refractivity contribution in [2.24, 2.45) is 5.92 Å². The molecule has 6 unspecified atom stereocenters. The molecular weight excluding hydrogens is 1160 g/mol. The van der Waals surface area contributed by atoms with E-state index in [0.29, 0.717) is 94.5 Å². The fraction of sp³-hybridized carbons (Fsp3) is 0.517. The zero-order valence-corrected chi connectivity index (χ0v) is 49.9. The summed E-state index contributed by atoms with van der Waals surface area (Å²) in [5, 5.41) is 62.7. The molecule has 2 saturated heterocycles. The summed E-state index contributed by atoms with van der Waals surface area (Å²) in [6, 6.07) is 22.1. The van der Waals surface area contributed by atoms with Gasteiger partial charge in [0.05, 0.1) is 30.9 Å². The van der Waals surface area contributed by atoms with Crippen molar-refractivity contribution in [1.82, 2.24) is 30.8 Å². The number of aliphatic hydroxyl groups excluding tert-OH is 5. The lowest BCUT2D eigenvalue weighted by Gasteiger charge is -2.23. The fourth-order valence-electron chi connectivity index (χ4n) is 9.78. The number of amides is 4. The molecule has 2 aliphatic rings. The number of hydrogen-bond acceptors (Lipinski definition) is 19. The number of aliphatic hydroxyl groups is 5. The predicted molar refractivity (Wildman–Crippen MR) is 315 cm³/mol. The van der Waals surface area contributed by atoms with Gasteiger partial charge in [-0.1, -0.05) is 86.3 Å². The molecule has 6 rings (SSSR count). The van der Waals surface area contributed by atoms with Gasteiger partial charge in [-0.15, -0.1) is 0 Å². The first-order chi connectivity index (χ1) is 41.3. The van der Waals surface area contributed by atoms with Gasteiger partial charge >= 0.3 is 13.5 Å². The molecule has 472 valence electrons. The highest BCUT2D eigenvalue weighted by Crippen LogP contribution is 2.45. The van der Waals surface area contributed by atoms with Gasteiger partial charge in [-0.3, -0.25) is 42.6 Å². The van der Waals surface area contributed by atoms with E-state index in [-0.39, 0.29) is 60.7 Å². The highest BCUT2D eigenvalue weighted by molar-refractivity contribution is 7.85. The smallest absolute Gasteiger partial charge is 0.396 e. The number of unbranched alkanes of at least 4 members (excludes halogenated alkanes) is 6. The van der Waals surface area contributed by atoms with E-state index in [1.807, 2.05) is 0 Å². The number of carbonyl (C=O) groups is 4. The van der Waals surface area contributed by atoms with E-state index in [1.165, 1.54) is 38.5 Å². The molecule has 1 aromatic heterocycles. The highest BCUT2D eigenvalue weighted by Gasteiger charge is 2.45. The molecule has 0 bridgehead atoms. The Kier molecular flexibility index (Phi) is 27.7. The average Bonchev–Trinajstić information content (AvgIpc) is 1.53. The first-order valence-corrected chi connectivity index (χ1v) is 31.8. The molecule has 0 radical (unpaired) electrons. The Labute approximate surface area is 497 Å². The van der Waals surface area contributed by atoms with Crippen molar-refractivity contribution in [2.75, 3.05) is 66.8 Å². The topological polar surface area (TPSA) is 382 Å². The largest absolute Gasteiger partial charge is 0.472 e. The number of aromatic amines is 1. The molecule has 86 heavy (non-hydrogen) atoms. The summed E-state index contributed by atoms with van der Waals surface area (Å²) in [6.45, 7) is 0.0999. The van der Waals surface area contributed by atoms with Crippen LogP contribution >= 0.6 is 15.0 Å². The summed E-state index contributed by atoms with van der Waals surface area (Å²) in [4.78, 5) is 90.3. The van der Waals surface area contributed by atoms with Crippen LogP contribution < -0.4 is 48.4 Å². The van der Waals surface area contributed by atoms with Crippen molar-refractivity contribution < 1.29 is 86.7 Å². The lowest BCUT2D eigenvalue weighted by molar-refractivity contribution is -0.132. The van der Waals surface area contributed by atoms with Crippen molar-refractivity contribution >= 4 is 60.6 Å². The number of rotatable bonds is 36. The number of benzene rings is 3. The molecule has 4 amide bonds. The Bertz CT molecular complexity index is 3040. The Morgan fingerprint density at radius 1 is 0.709 bits per heavy atom. The van der Waals surface area contributed by atoms with Crippen molar-refractivity contribution in [2.45, 2.75) is 120 Å². The lowest BCUT2D eigenvalue weighted by atomic mass is 10.0. The van der Waals surface area contributed by atoms with Crippen LogP contribution in [0.2, 0.25) is 0 Å². The van der Waals surface area contributed by atoms with Crippen molar-refractivity contribution in [3.8, 4) is 0 Å². The maximum Gasteiger partial charge on any atom is 0.472 e. The van der Waals surface area contributed by atoms with Crippen molar-refractivity contribution in [3.05, 3.63) is 129 Å². The van der Waals surface area contributed by atoms with Crippen LogP contribution in [0.25, 0.3) is 6.08 Å². The van der Waals surface area contributed by atoms with Crippen LogP contribution in [0.3, 0.4) is 0 Å². The van der Waals surface area contributed by atoms with Crippen LogP contribution in [0, 0.1) is 5.92 Å². The number of carbonyl (C=O) groups excluding carboxylic acids is 4. The number of ether oxygens (including phenoxy) is 4. The van der Waals surface area contributed by atoms with Gasteiger partial charge in [0.1, 0.15) is 36.6 Å². The first kappa shape index (κ1) is 69.0. The lowest BCUT2D eigenvalue weighted by Crippen LogP contribution is -2.38. The van der Waals surface area contributed by atoms with Crippen LogP contribution in [0.1, 0.15) is 103 Å². The quantitative estimate of drug-likeness (QED) is 0.0172. The Balaban J connectivity index is 0.920. The van der Waals surface area contributed by atoms with Crippen LogP contribution in [0.4, 0.5) is 0 Å². The summed E-state index contributed by atoms with van der Waals surface area (Å²) >= 11 is 0. The fourth-order valence-corrected chi connectivity index (χ4v) is 13.5. The minimum Gasteiger partial charge on any atom is -0.396 e. The van der Waals surface area contributed by atoms with Gasteiger partial charge in [-0.05, 0) is 62.8 Å². The van der Waals surface area contributed by atoms with Gasteiger partial charge < -0.3 is 75.2 Å². The number of nitrogens with zero attached hydrogens (tertiary/aromatic N) is 1. The molecule has 3 heterocycles. The molecule has 0 spiro atoms. The van der Waals surface area contributed by atoms with Crippen LogP contribution in [0.15, 0.2) is 101 Å². The third-order valence-corrected chi connectivity index (χ3v) is 18.6. The van der Waals surface area contributed by atoms with Gasteiger partial charge in [0.25, 0.3) is 17.4 Å². The number of hydrogen-bond donors (Lipinski definition) is 11. The summed E-state index contributed by atoms with van der Waals surface area (Å²) < 4.78 is 59.8. The van der Waals surface area contributed by atoms with Crippen LogP contribution in [-0.4, -0.2) is 173 Å². The van der Waals surface area contributed by atoms with Gasteiger partial charge in [0.2, 0.25) is 11.8 Å². The van der Waals surface area contributed by atoms with E-state index < -0.39 is 106 Å². The Morgan fingerprint density at radius 2 is 1.33 bits per heavy atom. The minimum absolute atomic E-state index is 0.0447. The molecule has 2 fully saturated rings. The maximum absolute atomic E-state index is 15.7.